The van der Waals surface area contributed by atoms with Crippen LogP contribution in [0.5, 0.6) is 0 Å². The third-order valence-corrected chi connectivity index (χ3v) is 3.15. The number of halogens is 1. The van der Waals surface area contributed by atoms with Gasteiger partial charge in [-0.05, 0) is 32.4 Å². The maximum atomic E-state index is 13.6. The lowest BCUT2D eigenvalue weighted by molar-refractivity contribution is -0.117. The summed E-state index contributed by atoms with van der Waals surface area (Å²) < 4.78 is 13.6. The fourth-order valence-corrected chi connectivity index (χ4v) is 2.50. The molecule has 1 heterocycles. The molecule has 0 saturated heterocycles. The Morgan fingerprint density at radius 2 is 2.31 bits per heavy atom. The monoisotopic (exact) mass is 221 g/mol. The summed E-state index contributed by atoms with van der Waals surface area (Å²) in [6.45, 7) is 4.44. The van der Waals surface area contributed by atoms with Crippen LogP contribution in [0.25, 0.3) is 0 Å². The highest BCUT2D eigenvalue weighted by Gasteiger charge is 2.30. The van der Waals surface area contributed by atoms with Gasteiger partial charge in [0.2, 0.25) is 0 Å². The van der Waals surface area contributed by atoms with E-state index in [1.807, 2.05) is 13.0 Å². The van der Waals surface area contributed by atoms with E-state index in [4.69, 9.17) is 0 Å². The van der Waals surface area contributed by atoms with Gasteiger partial charge in [-0.1, -0.05) is 6.07 Å². The number of nitrogens with zero attached hydrogens (tertiary/aromatic N) is 1. The molecule has 0 spiro atoms. The lowest BCUT2D eigenvalue weighted by Gasteiger charge is -2.25. The molecule has 2 rings (SSSR count). The Morgan fingerprint density at radius 1 is 1.56 bits per heavy atom. The highest BCUT2D eigenvalue weighted by atomic mass is 19.1. The summed E-state index contributed by atoms with van der Waals surface area (Å²) in [7, 11) is 0. The SMILES string of the molecule is CCN1c2cccc(F)c2CC1CC(C)=O. The van der Waals surface area contributed by atoms with Crippen LogP contribution in [-0.4, -0.2) is 18.4 Å². The predicted molar refractivity (Wildman–Crippen MR) is 62.2 cm³/mol. The fraction of sp³-hybridized carbons (Fsp3) is 0.462. The van der Waals surface area contributed by atoms with E-state index in [0.29, 0.717) is 12.8 Å². The first kappa shape index (κ1) is 11.1. The Hall–Kier alpha value is -1.38. The summed E-state index contributed by atoms with van der Waals surface area (Å²) in [5.74, 6) is 0.0127. The lowest BCUT2D eigenvalue weighted by atomic mass is 10.1. The standard InChI is InChI=1S/C13H16FNO/c1-3-15-10(7-9(2)16)8-11-12(14)5-4-6-13(11)15/h4-6,10H,3,7-8H2,1-2H3. The van der Waals surface area contributed by atoms with Crippen LogP contribution < -0.4 is 4.90 Å². The minimum atomic E-state index is -0.151. The quantitative estimate of drug-likeness (QED) is 0.781. The van der Waals surface area contributed by atoms with Gasteiger partial charge in [-0.3, -0.25) is 4.79 Å². The zero-order valence-corrected chi connectivity index (χ0v) is 9.66. The van der Waals surface area contributed by atoms with E-state index >= 15 is 0 Å². The maximum Gasteiger partial charge on any atom is 0.131 e. The number of hydrogen-bond acceptors (Lipinski definition) is 2. The molecule has 0 aromatic heterocycles. The van der Waals surface area contributed by atoms with Crippen molar-refractivity contribution < 1.29 is 9.18 Å². The van der Waals surface area contributed by atoms with Gasteiger partial charge < -0.3 is 4.90 Å². The molecule has 1 aliphatic rings. The van der Waals surface area contributed by atoms with Gasteiger partial charge in [0, 0.05) is 30.3 Å². The van der Waals surface area contributed by atoms with Crippen molar-refractivity contribution in [3.05, 3.63) is 29.6 Å². The zero-order valence-electron chi connectivity index (χ0n) is 9.66. The van der Waals surface area contributed by atoms with Gasteiger partial charge in [0.1, 0.15) is 11.6 Å². The van der Waals surface area contributed by atoms with Crippen LogP contribution in [0.1, 0.15) is 25.8 Å². The highest BCUT2D eigenvalue weighted by molar-refractivity contribution is 5.77. The summed E-state index contributed by atoms with van der Waals surface area (Å²) in [5, 5.41) is 0. The molecular weight excluding hydrogens is 205 g/mol. The molecule has 1 atom stereocenters. The summed E-state index contributed by atoms with van der Waals surface area (Å²) in [6.07, 6.45) is 1.15. The molecule has 0 bridgehead atoms. The minimum absolute atomic E-state index is 0.134. The summed E-state index contributed by atoms with van der Waals surface area (Å²) in [6, 6.07) is 5.28. The van der Waals surface area contributed by atoms with Gasteiger partial charge in [0.25, 0.3) is 0 Å². The van der Waals surface area contributed by atoms with Gasteiger partial charge in [0.05, 0.1) is 0 Å². The average Bonchev–Trinajstić information content (AvgIpc) is 2.56. The van der Waals surface area contributed by atoms with Crippen molar-refractivity contribution in [2.75, 3.05) is 11.4 Å². The highest BCUT2D eigenvalue weighted by Crippen LogP contribution is 2.34. The second kappa shape index (κ2) is 4.24. The van der Waals surface area contributed by atoms with E-state index in [1.54, 1.807) is 13.0 Å². The number of likely N-dealkylation sites (N-methyl/N-ethyl adjacent to an activating group) is 1. The van der Waals surface area contributed by atoms with Gasteiger partial charge in [-0.2, -0.15) is 0 Å². The third-order valence-electron chi connectivity index (χ3n) is 3.15. The first-order valence-corrected chi connectivity index (χ1v) is 5.67. The van der Waals surface area contributed by atoms with Crippen molar-refractivity contribution in [1.82, 2.24) is 0 Å². The van der Waals surface area contributed by atoms with Crippen LogP contribution in [0.2, 0.25) is 0 Å². The molecule has 0 fully saturated rings. The van der Waals surface area contributed by atoms with E-state index in [-0.39, 0.29) is 17.6 Å². The molecule has 0 saturated carbocycles. The Morgan fingerprint density at radius 3 is 2.94 bits per heavy atom. The number of rotatable bonds is 3. The lowest BCUT2D eigenvalue weighted by Crippen LogP contribution is -2.33. The number of ketones is 1. The number of carbonyl (C=O) groups is 1. The van der Waals surface area contributed by atoms with E-state index in [1.165, 1.54) is 6.07 Å². The van der Waals surface area contributed by atoms with Crippen LogP contribution >= 0.6 is 0 Å². The van der Waals surface area contributed by atoms with E-state index in [0.717, 1.165) is 17.8 Å². The number of Topliss-reactive ketones (excluding diaryl/α,β-unsaturated/α-hetero) is 1. The Kier molecular flexibility index (Phi) is 2.95. The smallest absolute Gasteiger partial charge is 0.131 e. The molecular formula is C13H16FNO. The molecule has 16 heavy (non-hydrogen) atoms. The molecule has 0 aliphatic carbocycles. The topological polar surface area (TPSA) is 20.3 Å². The Labute approximate surface area is 95.1 Å². The second-order valence-electron chi connectivity index (χ2n) is 4.29. The molecule has 0 N–H and O–H groups in total. The Balaban J connectivity index is 2.32. The number of fused-ring (bicyclic) bond motifs is 1. The number of carbonyl (C=O) groups excluding carboxylic acids is 1. The summed E-state index contributed by atoms with van der Waals surface area (Å²) in [5.41, 5.74) is 1.71. The molecule has 86 valence electrons. The van der Waals surface area contributed by atoms with Crippen LogP contribution in [0.3, 0.4) is 0 Å². The van der Waals surface area contributed by atoms with Gasteiger partial charge in [0.15, 0.2) is 0 Å². The molecule has 1 unspecified atom stereocenters. The molecule has 0 amide bonds. The number of benzene rings is 1. The van der Waals surface area contributed by atoms with E-state index in [2.05, 4.69) is 4.90 Å². The minimum Gasteiger partial charge on any atom is -0.368 e. The third kappa shape index (κ3) is 1.82. The van der Waals surface area contributed by atoms with Crippen molar-refractivity contribution in [2.24, 2.45) is 0 Å². The summed E-state index contributed by atoms with van der Waals surface area (Å²) >= 11 is 0. The number of hydrogen-bond donors (Lipinski definition) is 0. The fourth-order valence-electron chi connectivity index (χ4n) is 2.50. The predicted octanol–water partition coefficient (Wildman–Crippen LogP) is 2.56. The molecule has 1 aliphatic heterocycles. The summed E-state index contributed by atoms with van der Waals surface area (Å²) in [4.78, 5) is 13.3. The van der Waals surface area contributed by atoms with Crippen LogP contribution in [-0.2, 0) is 11.2 Å². The van der Waals surface area contributed by atoms with Gasteiger partial charge in [-0.15, -0.1) is 0 Å². The van der Waals surface area contributed by atoms with Crippen molar-refractivity contribution in [1.29, 1.82) is 0 Å². The largest absolute Gasteiger partial charge is 0.368 e. The maximum absolute atomic E-state index is 13.6. The van der Waals surface area contributed by atoms with Crippen LogP contribution in [0.4, 0.5) is 10.1 Å². The van der Waals surface area contributed by atoms with Gasteiger partial charge in [-0.25, -0.2) is 4.39 Å². The van der Waals surface area contributed by atoms with Crippen LogP contribution in [0.15, 0.2) is 18.2 Å². The molecule has 1 aromatic rings. The van der Waals surface area contributed by atoms with E-state index in [9.17, 15) is 9.18 Å². The van der Waals surface area contributed by atoms with E-state index < -0.39 is 0 Å². The normalized spacial score (nSPS) is 18.7. The molecule has 3 heteroatoms. The van der Waals surface area contributed by atoms with Crippen molar-refractivity contribution in [2.45, 2.75) is 32.7 Å². The van der Waals surface area contributed by atoms with Crippen molar-refractivity contribution >= 4 is 11.5 Å². The zero-order chi connectivity index (χ0) is 11.7. The Bertz CT molecular complexity index is 416. The van der Waals surface area contributed by atoms with Crippen LogP contribution in [0, 0.1) is 5.82 Å². The number of anilines is 1. The first-order valence-electron chi connectivity index (χ1n) is 5.67. The van der Waals surface area contributed by atoms with Gasteiger partial charge >= 0.3 is 0 Å². The van der Waals surface area contributed by atoms with Crippen molar-refractivity contribution in [3.8, 4) is 0 Å². The van der Waals surface area contributed by atoms with Crippen molar-refractivity contribution in [3.63, 3.8) is 0 Å². The average molecular weight is 221 g/mol. The second-order valence-corrected chi connectivity index (χ2v) is 4.29. The first-order chi connectivity index (χ1) is 7.63. The molecule has 0 radical (unpaired) electrons. The molecule has 1 aromatic carbocycles. The molecule has 2 nitrogen and oxygen atoms in total.